The smallest absolute Gasteiger partial charge is 0.110 e. The zero-order chi connectivity index (χ0) is 11.9. The SMILES string of the molecule is C1=NCN2CC(SSC3CN4C=NCN4C3)CN12. The summed E-state index contributed by atoms with van der Waals surface area (Å²) in [5.74, 6) is 0. The van der Waals surface area contributed by atoms with Crippen LogP contribution in [0.2, 0.25) is 0 Å². The first-order valence-electron chi connectivity index (χ1n) is 6.23. The molecular formula is C10H16N6S2. The average molecular weight is 284 g/mol. The molecule has 0 N–H and O–H groups in total. The molecule has 2 unspecified atom stereocenters. The molecule has 0 spiro atoms. The van der Waals surface area contributed by atoms with Gasteiger partial charge in [0.15, 0.2) is 0 Å². The summed E-state index contributed by atoms with van der Waals surface area (Å²) in [6.07, 6.45) is 3.94. The molecule has 0 bridgehead atoms. The van der Waals surface area contributed by atoms with Crippen molar-refractivity contribution >= 4 is 34.3 Å². The number of nitrogens with zero attached hydrogens (tertiary/aromatic N) is 6. The van der Waals surface area contributed by atoms with Gasteiger partial charge in [-0.1, -0.05) is 21.6 Å². The van der Waals surface area contributed by atoms with E-state index in [0.29, 0.717) is 10.5 Å². The van der Waals surface area contributed by atoms with Crippen molar-refractivity contribution in [1.29, 1.82) is 0 Å². The van der Waals surface area contributed by atoms with Crippen LogP contribution >= 0.6 is 21.6 Å². The lowest BCUT2D eigenvalue weighted by molar-refractivity contribution is 0.139. The maximum Gasteiger partial charge on any atom is 0.110 e. The van der Waals surface area contributed by atoms with Crippen molar-refractivity contribution in [2.45, 2.75) is 10.5 Å². The van der Waals surface area contributed by atoms with Crippen LogP contribution in [0, 0.1) is 0 Å². The minimum Gasteiger partial charge on any atom is -0.293 e. The molecule has 4 aliphatic rings. The Hall–Kier alpha value is -0.440. The van der Waals surface area contributed by atoms with Gasteiger partial charge < -0.3 is 0 Å². The summed E-state index contributed by atoms with van der Waals surface area (Å²) in [5, 5.41) is 10.6. The Morgan fingerprint density at radius 1 is 0.778 bits per heavy atom. The zero-order valence-electron chi connectivity index (χ0n) is 10.1. The van der Waals surface area contributed by atoms with Crippen LogP contribution in [0.5, 0.6) is 0 Å². The monoisotopic (exact) mass is 284 g/mol. The van der Waals surface area contributed by atoms with Crippen LogP contribution < -0.4 is 0 Å². The van der Waals surface area contributed by atoms with Gasteiger partial charge in [-0.05, 0) is 0 Å². The van der Waals surface area contributed by atoms with Crippen molar-refractivity contribution in [1.82, 2.24) is 20.0 Å². The molecule has 6 nitrogen and oxygen atoms in total. The molecule has 2 saturated heterocycles. The molecular weight excluding hydrogens is 268 g/mol. The number of hydrazine groups is 2. The second-order valence-corrected chi connectivity index (χ2v) is 7.81. The molecule has 8 heteroatoms. The number of hydrogen-bond acceptors (Lipinski definition) is 8. The van der Waals surface area contributed by atoms with E-state index in [2.05, 4.69) is 51.6 Å². The van der Waals surface area contributed by atoms with Gasteiger partial charge in [0.1, 0.15) is 26.0 Å². The van der Waals surface area contributed by atoms with Crippen molar-refractivity contribution in [2.24, 2.45) is 9.98 Å². The molecule has 4 rings (SSSR count). The van der Waals surface area contributed by atoms with E-state index in [9.17, 15) is 0 Å². The van der Waals surface area contributed by atoms with Crippen LogP contribution in [0.25, 0.3) is 0 Å². The Labute approximate surface area is 114 Å². The number of rotatable bonds is 3. The molecule has 18 heavy (non-hydrogen) atoms. The Morgan fingerprint density at radius 3 is 1.72 bits per heavy atom. The van der Waals surface area contributed by atoms with Gasteiger partial charge in [0.2, 0.25) is 0 Å². The minimum absolute atomic E-state index is 0.709. The van der Waals surface area contributed by atoms with E-state index in [1.165, 1.54) is 0 Å². The molecule has 0 aliphatic carbocycles. The second-order valence-electron chi connectivity index (χ2n) is 4.94. The van der Waals surface area contributed by atoms with Gasteiger partial charge in [-0.25, -0.2) is 0 Å². The third kappa shape index (κ3) is 2.01. The summed E-state index contributed by atoms with van der Waals surface area (Å²) >= 11 is 0. The fourth-order valence-electron chi connectivity index (χ4n) is 2.69. The summed E-state index contributed by atoms with van der Waals surface area (Å²) in [6, 6.07) is 0. The maximum absolute atomic E-state index is 4.26. The summed E-state index contributed by atoms with van der Waals surface area (Å²) in [5.41, 5.74) is 0. The number of fused-ring (bicyclic) bond motifs is 2. The highest BCUT2D eigenvalue weighted by molar-refractivity contribution is 8.77. The fourth-order valence-corrected chi connectivity index (χ4v) is 5.57. The highest BCUT2D eigenvalue weighted by Gasteiger charge is 2.35. The molecule has 4 heterocycles. The van der Waals surface area contributed by atoms with Gasteiger partial charge in [0.05, 0.1) is 0 Å². The normalized spacial score (nSPS) is 34.9. The van der Waals surface area contributed by atoms with Crippen LogP contribution in [0.3, 0.4) is 0 Å². The predicted octanol–water partition coefficient (Wildman–Crippen LogP) is 0.169. The standard InChI is InChI=1S/C10H16N6S2/c1-9(2-14-6-11-5-13(1)14)17-18-10-3-15-7-12-8-16(15)4-10/h5,7,9-10H,1-4,6,8H2. The second kappa shape index (κ2) is 4.59. The van der Waals surface area contributed by atoms with Crippen LogP contribution in [-0.4, -0.2) is 82.7 Å². The van der Waals surface area contributed by atoms with E-state index in [0.717, 1.165) is 39.5 Å². The maximum atomic E-state index is 4.26. The minimum atomic E-state index is 0.709. The first-order chi connectivity index (χ1) is 8.88. The topological polar surface area (TPSA) is 37.7 Å². The highest BCUT2D eigenvalue weighted by Crippen LogP contribution is 2.37. The molecule has 2 atom stereocenters. The van der Waals surface area contributed by atoms with Crippen LogP contribution in [-0.2, 0) is 0 Å². The summed E-state index contributed by atoms with van der Waals surface area (Å²) < 4.78 is 0. The molecule has 0 aromatic rings. The van der Waals surface area contributed by atoms with Crippen LogP contribution in [0.4, 0.5) is 0 Å². The fraction of sp³-hybridized carbons (Fsp3) is 0.800. The van der Waals surface area contributed by atoms with E-state index >= 15 is 0 Å². The largest absolute Gasteiger partial charge is 0.293 e. The Bertz CT molecular complexity index is 353. The zero-order valence-corrected chi connectivity index (χ0v) is 11.7. The van der Waals surface area contributed by atoms with Gasteiger partial charge in [-0.2, -0.15) is 10.0 Å². The number of aliphatic imine (C=N–C) groups is 2. The Kier molecular flexibility index (Phi) is 2.90. The molecule has 98 valence electrons. The predicted molar refractivity (Wildman–Crippen MR) is 76.3 cm³/mol. The molecule has 2 fully saturated rings. The van der Waals surface area contributed by atoms with E-state index in [4.69, 9.17) is 0 Å². The molecule has 0 aromatic heterocycles. The summed E-state index contributed by atoms with van der Waals surface area (Å²) in [7, 11) is 4.10. The van der Waals surface area contributed by atoms with E-state index in [-0.39, 0.29) is 0 Å². The average Bonchev–Trinajstić information content (AvgIpc) is 3.04. The van der Waals surface area contributed by atoms with Gasteiger partial charge in [-0.3, -0.25) is 20.0 Å². The molecule has 0 saturated carbocycles. The molecule has 0 aromatic carbocycles. The van der Waals surface area contributed by atoms with Gasteiger partial charge in [0.25, 0.3) is 0 Å². The number of hydrogen-bond donors (Lipinski definition) is 0. The third-order valence-corrected chi connectivity index (χ3v) is 6.80. The molecule has 0 radical (unpaired) electrons. The lowest BCUT2D eigenvalue weighted by Crippen LogP contribution is -2.29. The van der Waals surface area contributed by atoms with E-state index < -0.39 is 0 Å². The van der Waals surface area contributed by atoms with Crippen LogP contribution in [0.1, 0.15) is 0 Å². The first-order valence-corrected chi connectivity index (χ1v) is 8.51. The van der Waals surface area contributed by atoms with Crippen LogP contribution in [0.15, 0.2) is 9.98 Å². The Balaban J connectivity index is 1.25. The lowest BCUT2D eigenvalue weighted by Gasteiger charge is -2.15. The van der Waals surface area contributed by atoms with E-state index in [1.807, 2.05) is 12.7 Å². The van der Waals surface area contributed by atoms with Gasteiger partial charge in [0, 0.05) is 36.7 Å². The van der Waals surface area contributed by atoms with Crippen molar-refractivity contribution in [3.05, 3.63) is 0 Å². The Morgan fingerprint density at radius 2 is 1.28 bits per heavy atom. The summed E-state index contributed by atoms with van der Waals surface area (Å²) in [6.45, 7) is 6.20. The highest BCUT2D eigenvalue weighted by atomic mass is 33.1. The van der Waals surface area contributed by atoms with Crippen molar-refractivity contribution in [3.8, 4) is 0 Å². The quantitative estimate of drug-likeness (QED) is 0.688. The summed E-state index contributed by atoms with van der Waals surface area (Å²) in [4.78, 5) is 8.52. The molecule has 4 aliphatic heterocycles. The van der Waals surface area contributed by atoms with E-state index in [1.54, 1.807) is 0 Å². The van der Waals surface area contributed by atoms with Crippen molar-refractivity contribution in [3.63, 3.8) is 0 Å². The third-order valence-electron chi connectivity index (χ3n) is 3.58. The van der Waals surface area contributed by atoms with Gasteiger partial charge >= 0.3 is 0 Å². The van der Waals surface area contributed by atoms with Crippen molar-refractivity contribution in [2.75, 3.05) is 39.5 Å². The molecule has 0 amide bonds. The lowest BCUT2D eigenvalue weighted by atomic mass is 10.4. The van der Waals surface area contributed by atoms with Crippen molar-refractivity contribution < 1.29 is 0 Å². The van der Waals surface area contributed by atoms with Gasteiger partial charge in [-0.15, -0.1) is 0 Å². The first kappa shape index (κ1) is 11.4.